The second-order valence-electron chi connectivity index (χ2n) is 6.96. The van der Waals surface area contributed by atoms with Gasteiger partial charge >= 0.3 is 0 Å². The van der Waals surface area contributed by atoms with Gasteiger partial charge in [-0.05, 0) is 54.1 Å². The van der Waals surface area contributed by atoms with Gasteiger partial charge in [0, 0.05) is 20.5 Å². The number of hydrogen-bond acceptors (Lipinski definition) is 5. The van der Waals surface area contributed by atoms with Gasteiger partial charge in [-0.1, -0.05) is 53.2 Å². The molecule has 1 N–H and O–H groups in total. The number of halogens is 2. The van der Waals surface area contributed by atoms with Crippen LogP contribution in [0.1, 0.15) is 11.1 Å². The number of sulfone groups is 1. The molecule has 5 nitrogen and oxygen atoms in total. The molecule has 1 heterocycles. The van der Waals surface area contributed by atoms with Gasteiger partial charge in [-0.25, -0.2) is 8.42 Å². The van der Waals surface area contributed by atoms with Crippen LogP contribution in [0.25, 0.3) is 6.08 Å². The maximum Gasteiger partial charge on any atom is 0.262 e. The standard InChI is InChI=1S/C23H17Cl2NO4S2/c1-30-15-7-5-14(6-8-15)11-22-23(27)26-20-12-16(9-10-21(20)31-22)32(28,29)13-17-18(24)3-2-4-19(17)25/h2-12H,13H2,1H3,(H,26,27)/b22-11-. The van der Waals surface area contributed by atoms with Crippen LogP contribution in [0.4, 0.5) is 5.69 Å². The normalized spacial score (nSPS) is 14.7. The van der Waals surface area contributed by atoms with E-state index in [1.165, 1.54) is 23.9 Å². The number of benzene rings is 3. The third kappa shape index (κ3) is 4.81. The number of ether oxygens (including phenoxy) is 1. The molecule has 0 aromatic heterocycles. The molecule has 0 aliphatic carbocycles. The Hall–Kier alpha value is -2.45. The van der Waals surface area contributed by atoms with Crippen molar-refractivity contribution in [2.75, 3.05) is 12.4 Å². The Morgan fingerprint density at radius 2 is 1.72 bits per heavy atom. The molecule has 1 aliphatic heterocycles. The van der Waals surface area contributed by atoms with Crippen LogP contribution in [0.2, 0.25) is 10.0 Å². The Morgan fingerprint density at radius 1 is 1.03 bits per heavy atom. The SMILES string of the molecule is COc1ccc(/C=C2\Sc3ccc(S(=O)(=O)Cc4c(Cl)cccc4Cl)cc3NC2=O)cc1. The smallest absolute Gasteiger partial charge is 0.262 e. The van der Waals surface area contributed by atoms with Crippen molar-refractivity contribution < 1.29 is 17.9 Å². The number of hydrogen-bond donors (Lipinski definition) is 1. The maximum absolute atomic E-state index is 13.0. The third-order valence-electron chi connectivity index (χ3n) is 4.81. The summed E-state index contributed by atoms with van der Waals surface area (Å²) in [4.78, 5) is 13.9. The van der Waals surface area contributed by atoms with Crippen LogP contribution in [0.5, 0.6) is 5.75 Å². The van der Waals surface area contributed by atoms with Crippen LogP contribution in [-0.2, 0) is 20.4 Å². The van der Waals surface area contributed by atoms with Crippen molar-refractivity contribution in [3.63, 3.8) is 0 Å². The molecule has 3 aromatic carbocycles. The largest absolute Gasteiger partial charge is 0.497 e. The van der Waals surface area contributed by atoms with Gasteiger partial charge in [0.05, 0.1) is 28.4 Å². The van der Waals surface area contributed by atoms with E-state index in [0.717, 1.165) is 16.2 Å². The summed E-state index contributed by atoms with van der Waals surface area (Å²) < 4.78 is 31.1. The van der Waals surface area contributed by atoms with Gasteiger partial charge in [0.15, 0.2) is 9.84 Å². The highest BCUT2D eigenvalue weighted by Gasteiger charge is 2.25. The Bertz CT molecular complexity index is 1320. The molecule has 0 fully saturated rings. The monoisotopic (exact) mass is 505 g/mol. The van der Waals surface area contributed by atoms with Crippen LogP contribution in [-0.4, -0.2) is 21.4 Å². The van der Waals surface area contributed by atoms with E-state index in [1.807, 2.05) is 24.3 Å². The molecule has 164 valence electrons. The first-order chi connectivity index (χ1) is 15.3. The van der Waals surface area contributed by atoms with Crippen molar-refractivity contribution in [2.45, 2.75) is 15.5 Å². The van der Waals surface area contributed by atoms with E-state index >= 15 is 0 Å². The lowest BCUT2D eigenvalue weighted by Crippen LogP contribution is -2.18. The quantitative estimate of drug-likeness (QED) is 0.426. The van der Waals surface area contributed by atoms with Crippen molar-refractivity contribution in [1.29, 1.82) is 0 Å². The van der Waals surface area contributed by atoms with E-state index in [0.29, 0.717) is 16.2 Å². The number of fused-ring (bicyclic) bond motifs is 1. The van der Waals surface area contributed by atoms with Crippen LogP contribution >= 0.6 is 35.0 Å². The van der Waals surface area contributed by atoms with Gasteiger partial charge in [0.25, 0.3) is 5.91 Å². The second-order valence-corrected chi connectivity index (χ2v) is 10.8. The fourth-order valence-electron chi connectivity index (χ4n) is 3.13. The number of nitrogens with one attached hydrogen (secondary N) is 1. The highest BCUT2D eigenvalue weighted by atomic mass is 35.5. The second kappa shape index (κ2) is 9.19. The molecule has 1 amide bonds. The lowest BCUT2D eigenvalue weighted by atomic mass is 10.2. The van der Waals surface area contributed by atoms with Gasteiger partial charge in [0.2, 0.25) is 0 Å². The van der Waals surface area contributed by atoms with E-state index in [1.54, 1.807) is 37.5 Å². The van der Waals surface area contributed by atoms with Crippen molar-refractivity contribution in [2.24, 2.45) is 0 Å². The number of methoxy groups -OCH3 is 1. The molecule has 3 aromatic rings. The molecule has 0 bridgehead atoms. The van der Waals surface area contributed by atoms with Crippen molar-refractivity contribution >= 4 is 62.5 Å². The Labute approximate surface area is 200 Å². The van der Waals surface area contributed by atoms with E-state index in [2.05, 4.69) is 5.32 Å². The van der Waals surface area contributed by atoms with Crippen molar-refractivity contribution in [1.82, 2.24) is 0 Å². The molecule has 0 radical (unpaired) electrons. The fraction of sp³-hybridized carbons (Fsp3) is 0.0870. The molecular formula is C23H17Cl2NO4S2. The predicted molar refractivity (Wildman–Crippen MR) is 129 cm³/mol. The van der Waals surface area contributed by atoms with Gasteiger partial charge in [-0.3, -0.25) is 4.79 Å². The average Bonchev–Trinajstić information content (AvgIpc) is 2.77. The van der Waals surface area contributed by atoms with Crippen LogP contribution in [0, 0.1) is 0 Å². The minimum absolute atomic E-state index is 0.0794. The molecule has 0 saturated carbocycles. The first-order valence-corrected chi connectivity index (χ1v) is 12.6. The number of amides is 1. The van der Waals surface area contributed by atoms with Crippen molar-refractivity contribution in [3.05, 3.63) is 86.7 Å². The highest BCUT2D eigenvalue weighted by Crippen LogP contribution is 2.40. The van der Waals surface area contributed by atoms with E-state index in [4.69, 9.17) is 27.9 Å². The predicted octanol–water partition coefficient (Wildman–Crippen LogP) is 6.06. The molecule has 0 unspecified atom stereocenters. The molecule has 0 spiro atoms. The number of carbonyl (C=O) groups is 1. The Morgan fingerprint density at radius 3 is 2.38 bits per heavy atom. The molecule has 0 atom stereocenters. The Kier molecular flexibility index (Phi) is 6.53. The topological polar surface area (TPSA) is 72.5 Å². The van der Waals surface area contributed by atoms with Gasteiger partial charge < -0.3 is 10.1 Å². The van der Waals surface area contributed by atoms with Gasteiger partial charge in [-0.2, -0.15) is 0 Å². The summed E-state index contributed by atoms with van der Waals surface area (Å²) in [5, 5.41) is 3.36. The van der Waals surface area contributed by atoms with Gasteiger partial charge in [0.1, 0.15) is 5.75 Å². The molecular weight excluding hydrogens is 489 g/mol. The summed E-state index contributed by atoms with van der Waals surface area (Å²) in [7, 11) is -2.14. The maximum atomic E-state index is 13.0. The number of rotatable bonds is 5. The van der Waals surface area contributed by atoms with Crippen LogP contribution < -0.4 is 10.1 Å². The lowest BCUT2D eigenvalue weighted by Gasteiger charge is -2.19. The van der Waals surface area contributed by atoms with Crippen molar-refractivity contribution in [3.8, 4) is 5.75 Å². The third-order valence-corrected chi connectivity index (χ3v) is 8.26. The summed E-state index contributed by atoms with van der Waals surface area (Å²) in [5.74, 6) is 0.0839. The average molecular weight is 506 g/mol. The highest BCUT2D eigenvalue weighted by molar-refractivity contribution is 8.04. The zero-order valence-electron chi connectivity index (χ0n) is 16.8. The molecule has 1 aliphatic rings. The minimum atomic E-state index is -3.73. The number of carbonyl (C=O) groups excluding carboxylic acids is 1. The van der Waals surface area contributed by atoms with E-state index in [9.17, 15) is 13.2 Å². The first-order valence-electron chi connectivity index (χ1n) is 9.41. The van der Waals surface area contributed by atoms with E-state index in [-0.39, 0.29) is 26.6 Å². The summed E-state index contributed by atoms with van der Waals surface area (Å²) >= 11 is 13.5. The number of thioether (sulfide) groups is 1. The summed E-state index contributed by atoms with van der Waals surface area (Å²) in [6.07, 6.45) is 1.77. The van der Waals surface area contributed by atoms with Crippen LogP contribution in [0.3, 0.4) is 0 Å². The summed E-state index contributed by atoms with van der Waals surface area (Å²) in [6, 6.07) is 16.8. The molecule has 9 heteroatoms. The molecule has 4 rings (SSSR count). The lowest BCUT2D eigenvalue weighted by molar-refractivity contribution is -0.112. The number of anilines is 1. The van der Waals surface area contributed by atoms with E-state index < -0.39 is 9.84 Å². The molecule has 32 heavy (non-hydrogen) atoms. The zero-order valence-corrected chi connectivity index (χ0v) is 19.9. The molecule has 0 saturated heterocycles. The zero-order chi connectivity index (χ0) is 22.9. The minimum Gasteiger partial charge on any atom is -0.497 e. The van der Waals surface area contributed by atoms with Gasteiger partial charge in [-0.15, -0.1) is 0 Å². The first kappa shape index (κ1) is 22.7. The summed E-state index contributed by atoms with van der Waals surface area (Å²) in [5.41, 5.74) is 1.64. The fourth-order valence-corrected chi connectivity index (χ4v) is 6.18. The Balaban J connectivity index is 1.60. The summed E-state index contributed by atoms with van der Waals surface area (Å²) in [6.45, 7) is 0. The van der Waals surface area contributed by atoms with Crippen LogP contribution in [0.15, 0.2) is 75.4 Å².